The molecule has 0 unspecified atom stereocenters. The van der Waals surface area contributed by atoms with Crippen molar-refractivity contribution < 1.29 is 24.2 Å². The molecule has 0 aliphatic rings. The summed E-state index contributed by atoms with van der Waals surface area (Å²) in [5.41, 5.74) is -0.189. The third-order valence-corrected chi connectivity index (χ3v) is 2.75. The molecule has 21 heavy (non-hydrogen) atoms. The SMILES string of the molecule is COCCCN(CCOC)C(=O)Cn1cc(C(=O)O)nn1. The summed E-state index contributed by atoms with van der Waals surface area (Å²) in [4.78, 5) is 24.5. The minimum absolute atomic E-state index is 0.0586. The first-order valence-corrected chi connectivity index (χ1v) is 6.47. The number of amides is 1. The van der Waals surface area contributed by atoms with E-state index in [1.165, 1.54) is 10.9 Å². The van der Waals surface area contributed by atoms with Crippen molar-refractivity contribution in [2.45, 2.75) is 13.0 Å². The van der Waals surface area contributed by atoms with Gasteiger partial charge in [-0.3, -0.25) is 4.79 Å². The molecular weight excluding hydrogens is 280 g/mol. The van der Waals surface area contributed by atoms with Gasteiger partial charge in [0.1, 0.15) is 6.54 Å². The maximum absolute atomic E-state index is 12.2. The summed E-state index contributed by atoms with van der Waals surface area (Å²) >= 11 is 0. The lowest BCUT2D eigenvalue weighted by Crippen LogP contribution is -2.37. The van der Waals surface area contributed by atoms with Crippen molar-refractivity contribution in [3.05, 3.63) is 11.9 Å². The monoisotopic (exact) mass is 300 g/mol. The van der Waals surface area contributed by atoms with Crippen LogP contribution in [0, 0.1) is 0 Å². The van der Waals surface area contributed by atoms with Crippen molar-refractivity contribution in [1.82, 2.24) is 19.9 Å². The van der Waals surface area contributed by atoms with Gasteiger partial charge in [0, 0.05) is 33.9 Å². The van der Waals surface area contributed by atoms with Gasteiger partial charge in [0.2, 0.25) is 5.91 Å². The Kier molecular flexibility index (Phi) is 7.33. The molecular formula is C12H20N4O5. The van der Waals surface area contributed by atoms with E-state index in [0.717, 1.165) is 0 Å². The summed E-state index contributed by atoms with van der Waals surface area (Å²) in [7, 11) is 3.17. The van der Waals surface area contributed by atoms with Crippen molar-refractivity contribution in [3.63, 3.8) is 0 Å². The lowest BCUT2D eigenvalue weighted by molar-refractivity contribution is -0.132. The second kappa shape index (κ2) is 9.03. The molecule has 1 N–H and O–H groups in total. The van der Waals surface area contributed by atoms with Gasteiger partial charge >= 0.3 is 5.97 Å². The molecule has 0 fully saturated rings. The van der Waals surface area contributed by atoms with Crippen LogP contribution in [-0.2, 0) is 20.8 Å². The number of hydrogen-bond donors (Lipinski definition) is 1. The van der Waals surface area contributed by atoms with Crippen LogP contribution in [0.5, 0.6) is 0 Å². The average molecular weight is 300 g/mol. The summed E-state index contributed by atoms with van der Waals surface area (Å²) in [6.07, 6.45) is 1.94. The fourth-order valence-electron chi connectivity index (χ4n) is 1.67. The van der Waals surface area contributed by atoms with Gasteiger partial charge in [-0.2, -0.15) is 0 Å². The second-order valence-electron chi connectivity index (χ2n) is 4.33. The van der Waals surface area contributed by atoms with Gasteiger partial charge in [-0.15, -0.1) is 5.10 Å². The van der Waals surface area contributed by atoms with Crippen LogP contribution in [0.1, 0.15) is 16.9 Å². The highest BCUT2D eigenvalue weighted by Gasteiger charge is 2.16. The van der Waals surface area contributed by atoms with Gasteiger partial charge in [-0.05, 0) is 6.42 Å². The van der Waals surface area contributed by atoms with Gasteiger partial charge in [0.25, 0.3) is 0 Å². The number of methoxy groups -OCH3 is 2. The molecule has 0 aromatic carbocycles. The van der Waals surface area contributed by atoms with Crippen LogP contribution in [0.3, 0.4) is 0 Å². The Morgan fingerprint density at radius 2 is 2.00 bits per heavy atom. The van der Waals surface area contributed by atoms with Crippen molar-refractivity contribution in [3.8, 4) is 0 Å². The molecule has 0 aliphatic heterocycles. The van der Waals surface area contributed by atoms with Gasteiger partial charge in [0.05, 0.1) is 12.8 Å². The lowest BCUT2D eigenvalue weighted by Gasteiger charge is -2.22. The van der Waals surface area contributed by atoms with Crippen LogP contribution in [0.2, 0.25) is 0 Å². The number of rotatable bonds is 10. The maximum Gasteiger partial charge on any atom is 0.358 e. The first-order valence-electron chi connectivity index (χ1n) is 6.47. The molecule has 1 amide bonds. The Morgan fingerprint density at radius 1 is 1.29 bits per heavy atom. The number of hydrogen-bond acceptors (Lipinski definition) is 6. The Balaban J connectivity index is 2.58. The lowest BCUT2D eigenvalue weighted by atomic mass is 10.3. The summed E-state index contributed by atoms with van der Waals surface area (Å²) in [5.74, 6) is -1.35. The van der Waals surface area contributed by atoms with Gasteiger partial charge in [-0.1, -0.05) is 5.21 Å². The summed E-state index contributed by atoms with van der Waals surface area (Å²) in [5, 5.41) is 15.8. The number of carbonyl (C=O) groups is 2. The molecule has 1 aromatic rings. The van der Waals surface area contributed by atoms with E-state index in [-0.39, 0.29) is 18.1 Å². The number of ether oxygens (including phenoxy) is 2. The normalized spacial score (nSPS) is 10.6. The molecule has 9 heteroatoms. The van der Waals surface area contributed by atoms with Gasteiger partial charge < -0.3 is 19.5 Å². The summed E-state index contributed by atoms with van der Waals surface area (Å²) in [6, 6.07) is 0. The van der Waals surface area contributed by atoms with Crippen molar-refractivity contribution >= 4 is 11.9 Å². The van der Waals surface area contributed by atoms with Crippen molar-refractivity contribution in [2.24, 2.45) is 0 Å². The molecule has 1 aromatic heterocycles. The zero-order valence-electron chi connectivity index (χ0n) is 12.2. The first kappa shape index (κ1) is 17.1. The molecule has 1 heterocycles. The molecule has 1 rings (SSSR count). The first-order chi connectivity index (χ1) is 10.1. The molecule has 0 saturated heterocycles. The third-order valence-electron chi connectivity index (χ3n) is 2.75. The van der Waals surface area contributed by atoms with E-state index in [9.17, 15) is 9.59 Å². The van der Waals surface area contributed by atoms with Crippen molar-refractivity contribution in [1.29, 1.82) is 0 Å². The third kappa shape index (κ3) is 5.88. The number of aromatic nitrogens is 3. The Hall–Kier alpha value is -2.00. The van der Waals surface area contributed by atoms with E-state index >= 15 is 0 Å². The van der Waals surface area contributed by atoms with Crippen molar-refractivity contribution in [2.75, 3.05) is 40.5 Å². The highest BCUT2D eigenvalue weighted by molar-refractivity contribution is 5.84. The Labute approximate surface area is 122 Å². The number of carboxylic acid groups (broad SMARTS) is 1. The van der Waals surface area contributed by atoms with Crippen LogP contribution >= 0.6 is 0 Å². The van der Waals surface area contributed by atoms with E-state index in [0.29, 0.717) is 32.7 Å². The summed E-state index contributed by atoms with van der Waals surface area (Å²) < 4.78 is 11.1. The zero-order chi connectivity index (χ0) is 15.7. The Morgan fingerprint density at radius 3 is 2.57 bits per heavy atom. The maximum atomic E-state index is 12.2. The fourth-order valence-corrected chi connectivity index (χ4v) is 1.67. The summed E-state index contributed by atoms with van der Waals surface area (Å²) in [6.45, 7) is 1.92. The number of nitrogens with zero attached hydrogens (tertiary/aromatic N) is 4. The molecule has 0 atom stereocenters. The predicted octanol–water partition coefficient (Wildman–Crippen LogP) is -0.512. The molecule has 0 saturated carbocycles. The number of carbonyl (C=O) groups excluding carboxylic acids is 1. The quantitative estimate of drug-likeness (QED) is 0.580. The fraction of sp³-hybridized carbons (Fsp3) is 0.667. The number of carboxylic acids is 1. The average Bonchev–Trinajstić information content (AvgIpc) is 2.91. The van der Waals surface area contributed by atoms with E-state index in [1.54, 1.807) is 19.1 Å². The standard InChI is InChI=1S/C12H20N4O5/c1-20-6-3-4-15(5-7-21-2)11(17)9-16-8-10(12(18)19)13-14-16/h8H,3-7,9H2,1-2H3,(H,18,19). The largest absolute Gasteiger partial charge is 0.476 e. The minimum Gasteiger partial charge on any atom is -0.476 e. The van der Waals surface area contributed by atoms with Crippen LogP contribution in [0.4, 0.5) is 0 Å². The number of aromatic carboxylic acids is 1. The van der Waals surface area contributed by atoms with Gasteiger partial charge in [-0.25, -0.2) is 9.48 Å². The van der Waals surface area contributed by atoms with Crippen LogP contribution in [0.15, 0.2) is 6.20 Å². The van der Waals surface area contributed by atoms with Crippen LogP contribution in [0.25, 0.3) is 0 Å². The molecule has 0 spiro atoms. The van der Waals surface area contributed by atoms with E-state index in [2.05, 4.69) is 10.3 Å². The van der Waals surface area contributed by atoms with Gasteiger partial charge in [0.15, 0.2) is 5.69 Å². The molecule has 9 nitrogen and oxygen atoms in total. The highest BCUT2D eigenvalue weighted by Crippen LogP contribution is 1.99. The smallest absolute Gasteiger partial charge is 0.358 e. The zero-order valence-corrected chi connectivity index (χ0v) is 12.2. The minimum atomic E-state index is -1.18. The van der Waals surface area contributed by atoms with Crippen LogP contribution in [-0.4, -0.2) is 77.4 Å². The second-order valence-corrected chi connectivity index (χ2v) is 4.33. The molecule has 0 radical (unpaired) electrons. The van der Waals surface area contributed by atoms with E-state index in [4.69, 9.17) is 14.6 Å². The Bertz CT molecular complexity index is 462. The van der Waals surface area contributed by atoms with E-state index in [1.807, 2.05) is 0 Å². The van der Waals surface area contributed by atoms with E-state index < -0.39 is 5.97 Å². The molecule has 0 bridgehead atoms. The highest BCUT2D eigenvalue weighted by atomic mass is 16.5. The topological polar surface area (TPSA) is 107 Å². The van der Waals surface area contributed by atoms with Crippen LogP contribution < -0.4 is 0 Å². The molecule has 118 valence electrons. The predicted molar refractivity (Wildman–Crippen MR) is 71.9 cm³/mol. The molecule has 0 aliphatic carbocycles.